The molecule has 25 heavy (non-hydrogen) atoms. The summed E-state index contributed by atoms with van der Waals surface area (Å²) in [4.78, 5) is 8.32. The third-order valence-electron chi connectivity index (χ3n) is 4.25. The Morgan fingerprint density at radius 1 is 0.920 bits per heavy atom. The number of alkyl halides is 3. The normalized spacial score (nSPS) is 12.2. The molecule has 6 heteroatoms. The van der Waals surface area contributed by atoms with Crippen LogP contribution in [0.25, 0.3) is 32.9 Å². The molecule has 3 aromatic heterocycles. The highest BCUT2D eigenvalue weighted by molar-refractivity contribution is 6.08. The van der Waals surface area contributed by atoms with Crippen molar-refractivity contribution in [3.05, 3.63) is 60.7 Å². The highest BCUT2D eigenvalue weighted by Gasteiger charge is 2.29. The van der Waals surface area contributed by atoms with Crippen LogP contribution in [0.4, 0.5) is 13.2 Å². The van der Waals surface area contributed by atoms with Gasteiger partial charge in [0.1, 0.15) is 6.54 Å². The van der Waals surface area contributed by atoms with Crippen LogP contribution in [0.1, 0.15) is 5.69 Å². The number of aryl methyl sites for hydroxylation is 1. The van der Waals surface area contributed by atoms with Gasteiger partial charge in [-0.15, -0.1) is 0 Å². The van der Waals surface area contributed by atoms with Crippen molar-refractivity contribution in [2.45, 2.75) is 19.6 Å². The van der Waals surface area contributed by atoms with Gasteiger partial charge in [0.15, 0.2) is 0 Å². The number of rotatable bonds is 2. The number of hydrogen-bond acceptors (Lipinski definition) is 2. The molecule has 0 N–H and O–H groups in total. The Hall–Kier alpha value is -2.89. The molecule has 0 saturated heterocycles. The molecule has 0 fully saturated rings. The maximum Gasteiger partial charge on any atom is 0.406 e. The fraction of sp³-hybridized carbons (Fsp3) is 0.158. The Bertz CT molecular complexity index is 1060. The number of benzene rings is 1. The molecule has 0 radical (unpaired) electrons. The van der Waals surface area contributed by atoms with Crippen LogP contribution in [0.15, 0.2) is 55.0 Å². The zero-order valence-corrected chi connectivity index (χ0v) is 13.4. The molecule has 0 saturated carbocycles. The number of fused-ring (bicyclic) bond motifs is 3. The van der Waals surface area contributed by atoms with E-state index in [1.807, 2.05) is 31.2 Å². The van der Waals surface area contributed by atoms with Gasteiger partial charge in [-0.25, -0.2) is 0 Å². The molecule has 126 valence electrons. The Labute approximate surface area is 141 Å². The van der Waals surface area contributed by atoms with Gasteiger partial charge in [0, 0.05) is 40.6 Å². The van der Waals surface area contributed by atoms with Gasteiger partial charge in [-0.3, -0.25) is 9.97 Å². The minimum absolute atomic E-state index is 0.529. The molecule has 0 spiro atoms. The fourth-order valence-electron chi connectivity index (χ4n) is 3.11. The Morgan fingerprint density at radius 2 is 1.72 bits per heavy atom. The van der Waals surface area contributed by atoms with E-state index < -0.39 is 12.7 Å². The van der Waals surface area contributed by atoms with Crippen LogP contribution in [0.5, 0.6) is 0 Å². The molecule has 0 aliphatic rings. The van der Waals surface area contributed by atoms with Gasteiger partial charge in [-0.05, 0) is 30.7 Å². The third kappa shape index (κ3) is 2.84. The molecule has 0 aliphatic carbocycles. The Kier molecular flexibility index (Phi) is 3.49. The number of halogens is 3. The van der Waals surface area contributed by atoms with Gasteiger partial charge in [0.2, 0.25) is 0 Å². The molecule has 0 amide bonds. The van der Waals surface area contributed by atoms with E-state index in [0.29, 0.717) is 11.0 Å². The predicted molar refractivity (Wildman–Crippen MR) is 91.3 cm³/mol. The van der Waals surface area contributed by atoms with Crippen LogP contribution < -0.4 is 0 Å². The molecule has 0 bridgehead atoms. The van der Waals surface area contributed by atoms with Gasteiger partial charge in [0.25, 0.3) is 0 Å². The maximum atomic E-state index is 13.1. The van der Waals surface area contributed by atoms with Crippen molar-refractivity contribution in [1.82, 2.24) is 14.5 Å². The quantitative estimate of drug-likeness (QED) is 0.506. The van der Waals surface area contributed by atoms with Crippen molar-refractivity contribution in [3.8, 4) is 11.1 Å². The highest BCUT2D eigenvalue weighted by atomic mass is 19.4. The van der Waals surface area contributed by atoms with Gasteiger partial charge in [0.05, 0.1) is 11.0 Å². The molecule has 4 rings (SSSR count). The Morgan fingerprint density at radius 3 is 2.44 bits per heavy atom. The molecule has 0 atom stereocenters. The first-order valence-electron chi connectivity index (χ1n) is 7.78. The number of hydrogen-bond donors (Lipinski definition) is 0. The van der Waals surface area contributed by atoms with Crippen LogP contribution >= 0.6 is 0 Å². The maximum absolute atomic E-state index is 13.1. The topological polar surface area (TPSA) is 30.7 Å². The minimum Gasteiger partial charge on any atom is -0.331 e. The van der Waals surface area contributed by atoms with Crippen LogP contribution in [-0.4, -0.2) is 20.7 Å². The number of pyridine rings is 2. The first-order valence-corrected chi connectivity index (χ1v) is 7.78. The van der Waals surface area contributed by atoms with Gasteiger partial charge < -0.3 is 4.57 Å². The van der Waals surface area contributed by atoms with E-state index in [1.165, 1.54) is 10.8 Å². The van der Waals surface area contributed by atoms with Gasteiger partial charge >= 0.3 is 6.18 Å². The van der Waals surface area contributed by atoms with E-state index >= 15 is 0 Å². The molecule has 3 heterocycles. The van der Waals surface area contributed by atoms with E-state index in [-0.39, 0.29) is 0 Å². The summed E-state index contributed by atoms with van der Waals surface area (Å²) in [5, 5.41) is 1.48. The average molecular weight is 341 g/mol. The first kappa shape index (κ1) is 15.6. The van der Waals surface area contributed by atoms with Crippen molar-refractivity contribution in [1.29, 1.82) is 0 Å². The molecular formula is C19H14F3N3. The number of nitrogens with zero attached hydrogens (tertiary/aromatic N) is 3. The zero-order chi connectivity index (χ0) is 17.6. The fourth-order valence-corrected chi connectivity index (χ4v) is 3.11. The molecule has 3 nitrogen and oxygen atoms in total. The lowest BCUT2D eigenvalue weighted by atomic mass is 10.1. The molecule has 4 aromatic rings. The van der Waals surface area contributed by atoms with Crippen molar-refractivity contribution >= 4 is 21.8 Å². The van der Waals surface area contributed by atoms with E-state index in [9.17, 15) is 13.2 Å². The third-order valence-corrected chi connectivity index (χ3v) is 4.25. The summed E-state index contributed by atoms with van der Waals surface area (Å²) in [6.07, 6.45) is 0.551. The van der Waals surface area contributed by atoms with Crippen molar-refractivity contribution in [2.24, 2.45) is 0 Å². The van der Waals surface area contributed by atoms with E-state index in [1.54, 1.807) is 24.5 Å². The molecule has 0 aliphatic heterocycles. The lowest BCUT2D eigenvalue weighted by molar-refractivity contribution is -0.139. The summed E-state index contributed by atoms with van der Waals surface area (Å²) < 4.78 is 40.6. The predicted octanol–water partition coefficient (Wildman–Crippen LogP) is 5.12. The smallest absolute Gasteiger partial charge is 0.331 e. The monoisotopic (exact) mass is 341 g/mol. The average Bonchev–Trinajstić information content (AvgIpc) is 2.88. The van der Waals surface area contributed by atoms with Crippen LogP contribution in [0.3, 0.4) is 0 Å². The second kappa shape index (κ2) is 5.58. The van der Waals surface area contributed by atoms with E-state index in [2.05, 4.69) is 9.97 Å². The lowest BCUT2D eigenvalue weighted by Crippen LogP contribution is -2.17. The molecule has 1 aromatic carbocycles. The van der Waals surface area contributed by atoms with Crippen molar-refractivity contribution in [2.75, 3.05) is 0 Å². The van der Waals surface area contributed by atoms with E-state index in [4.69, 9.17) is 0 Å². The zero-order valence-electron chi connectivity index (χ0n) is 13.4. The van der Waals surface area contributed by atoms with Crippen LogP contribution in [0, 0.1) is 6.92 Å². The summed E-state index contributed by atoms with van der Waals surface area (Å²) in [5.74, 6) is 0. The van der Waals surface area contributed by atoms with E-state index in [0.717, 1.165) is 27.6 Å². The van der Waals surface area contributed by atoms with Crippen LogP contribution in [0.2, 0.25) is 0 Å². The second-order valence-electron chi connectivity index (χ2n) is 6.01. The summed E-state index contributed by atoms with van der Waals surface area (Å²) in [6.45, 7) is 0.855. The summed E-state index contributed by atoms with van der Waals surface area (Å²) in [5.41, 5.74) is 3.66. The minimum atomic E-state index is -4.30. The van der Waals surface area contributed by atoms with Gasteiger partial charge in [-0.1, -0.05) is 18.2 Å². The lowest BCUT2D eigenvalue weighted by Gasteiger charge is -2.11. The highest BCUT2D eigenvalue weighted by Crippen LogP contribution is 2.33. The van der Waals surface area contributed by atoms with Crippen LogP contribution in [-0.2, 0) is 6.54 Å². The summed E-state index contributed by atoms with van der Waals surface area (Å²) in [7, 11) is 0. The molecular weight excluding hydrogens is 327 g/mol. The standard InChI is InChI=1S/C19H14F3N3/c1-12-2-3-14(9-24-12)13-4-5-15-16-10-23-7-6-17(16)25(18(15)8-13)11-19(20,21)22/h2-10H,11H2,1H3. The van der Waals surface area contributed by atoms with Crippen molar-refractivity contribution in [3.63, 3.8) is 0 Å². The first-order chi connectivity index (χ1) is 11.9. The SMILES string of the molecule is Cc1ccc(-c2ccc3c4cnccc4n(CC(F)(F)F)c3c2)cn1. The Balaban J connectivity index is 1.98. The van der Waals surface area contributed by atoms with Gasteiger partial charge in [-0.2, -0.15) is 13.2 Å². The molecule has 0 unspecified atom stereocenters. The van der Waals surface area contributed by atoms with Crippen molar-refractivity contribution < 1.29 is 13.2 Å². The second-order valence-corrected chi connectivity index (χ2v) is 6.01. The summed E-state index contributed by atoms with van der Waals surface area (Å²) in [6, 6.07) is 11.0. The number of aromatic nitrogens is 3. The summed E-state index contributed by atoms with van der Waals surface area (Å²) >= 11 is 0. The largest absolute Gasteiger partial charge is 0.406 e.